The second-order valence-corrected chi connectivity index (χ2v) is 6.10. The van der Waals surface area contributed by atoms with Crippen LogP contribution in [-0.4, -0.2) is 20.0 Å². The molecule has 0 aliphatic rings. The summed E-state index contributed by atoms with van der Waals surface area (Å²) in [7, 11) is 3.07. The fraction of sp³-hybridized carbons (Fsp3) is 0.214. The molecule has 6 heteroatoms. The van der Waals surface area contributed by atoms with Crippen LogP contribution in [0.1, 0.15) is 20.8 Å². The van der Waals surface area contributed by atoms with E-state index < -0.39 is 0 Å². The van der Waals surface area contributed by atoms with E-state index in [1.807, 2.05) is 12.3 Å². The number of ether oxygens (including phenoxy) is 2. The van der Waals surface area contributed by atoms with Crippen molar-refractivity contribution in [1.82, 2.24) is 0 Å². The van der Waals surface area contributed by atoms with E-state index in [-0.39, 0.29) is 5.78 Å². The minimum absolute atomic E-state index is 0.159. The summed E-state index contributed by atoms with van der Waals surface area (Å²) in [6.07, 6.45) is 0. The van der Waals surface area contributed by atoms with Crippen LogP contribution in [0.25, 0.3) is 0 Å². The van der Waals surface area contributed by atoms with E-state index in [9.17, 15) is 4.79 Å². The molecule has 1 aromatic heterocycles. The largest absolute Gasteiger partial charge is 0.495 e. The predicted molar refractivity (Wildman–Crippen MR) is 84.7 cm³/mol. The number of ketones is 1. The second kappa shape index (κ2) is 6.16. The molecule has 0 radical (unpaired) electrons. The van der Waals surface area contributed by atoms with E-state index in [0.717, 1.165) is 5.56 Å². The molecule has 106 valence electrons. The van der Waals surface area contributed by atoms with Crippen LogP contribution in [0.5, 0.6) is 11.5 Å². The summed E-state index contributed by atoms with van der Waals surface area (Å²) in [6, 6.07) is 3.39. The number of carbonyl (C=O) groups excluding carboxylic acids is 1. The normalized spacial score (nSPS) is 10.4. The summed E-state index contributed by atoms with van der Waals surface area (Å²) >= 11 is 10.9. The third kappa shape index (κ3) is 2.57. The Bertz CT molecular complexity index is 667. The highest BCUT2D eigenvalue weighted by molar-refractivity contribution is 9.10. The van der Waals surface area contributed by atoms with Gasteiger partial charge in [-0.15, -0.1) is 11.3 Å². The first-order chi connectivity index (χ1) is 9.51. The fourth-order valence-corrected chi connectivity index (χ4v) is 3.68. The van der Waals surface area contributed by atoms with Crippen molar-refractivity contribution in [3.63, 3.8) is 0 Å². The molecule has 0 aliphatic heterocycles. The minimum atomic E-state index is -0.159. The molecule has 0 spiro atoms. The molecule has 0 amide bonds. The first-order valence-electron chi connectivity index (χ1n) is 5.70. The lowest BCUT2D eigenvalue weighted by atomic mass is 10.1. The number of thiophene rings is 1. The van der Waals surface area contributed by atoms with Gasteiger partial charge in [0.1, 0.15) is 16.0 Å². The molecule has 3 nitrogen and oxygen atoms in total. The van der Waals surface area contributed by atoms with Crippen molar-refractivity contribution in [1.29, 1.82) is 0 Å². The minimum Gasteiger partial charge on any atom is -0.495 e. The molecular formula is C14H12BrClO3S. The summed E-state index contributed by atoms with van der Waals surface area (Å²) in [5.41, 5.74) is 1.34. The smallest absolute Gasteiger partial charge is 0.208 e. The molecule has 0 fully saturated rings. The number of carbonyl (C=O) groups is 1. The van der Waals surface area contributed by atoms with Gasteiger partial charge in [-0.1, -0.05) is 11.6 Å². The molecule has 0 aliphatic carbocycles. The monoisotopic (exact) mass is 374 g/mol. The molecule has 1 aromatic carbocycles. The van der Waals surface area contributed by atoms with Crippen molar-refractivity contribution in [2.75, 3.05) is 14.2 Å². The third-order valence-electron chi connectivity index (χ3n) is 2.84. The van der Waals surface area contributed by atoms with Crippen LogP contribution >= 0.6 is 38.9 Å². The van der Waals surface area contributed by atoms with Crippen molar-refractivity contribution in [3.05, 3.63) is 43.0 Å². The number of methoxy groups -OCH3 is 2. The van der Waals surface area contributed by atoms with Crippen molar-refractivity contribution in [2.45, 2.75) is 6.92 Å². The first kappa shape index (κ1) is 15.4. The molecule has 2 rings (SSSR count). The van der Waals surface area contributed by atoms with Crippen LogP contribution in [0.15, 0.2) is 22.0 Å². The van der Waals surface area contributed by atoms with Gasteiger partial charge in [-0.05, 0) is 45.9 Å². The molecule has 0 saturated carbocycles. The number of benzene rings is 1. The van der Waals surface area contributed by atoms with E-state index >= 15 is 0 Å². The van der Waals surface area contributed by atoms with Crippen LogP contribution in [0.3, 0.4) is 0 Å². The maximum atomic E-state index is 12.6. The molecular weight excluding hydrogens is 364 g/mol. The quantitative estimate of drug-likeness (QED) is 0.725. The fourth-order valence-electron chi connectivity index (χ4n) is 1.78. The van der Waals surface area contributed by atoms with Gasteiger partial charge in [-0.2, -0.15) is 0 Å². The Kier molecular flexibility index (Phi) is 4.73. The molecule has 0 atom stereocenters. The van der Waals surface area contributed by atoms with Crippen molar-refractivity contribution in [2.24, 2.45) is 0 Å². The summed E-state index contributed by atoms with van der Waals surface area (Å²) in [5, 5.41) is 2.36. The van der Waals surface area contributed by atoms with Crippen LogP contribution in [0.4, 0.5) is 0 Å². The van der Waals surface area contributed by atoms with Gasteiger partial charge in [0.25, 0.3) is 0 Å². The van der Waals surface area contributed by atoms with Gasteiger partial charge in [-0.25, -0.2) is 0 Å². The molecule has 2 aromatic rings. The van der Waals surface area contributed by atoms with Crippen LogP contribution in [0, 0.1) is 6.92 Å². The number of rotatable bonds is 4. The van der Waals surface area contributed by atoms with Gasteiger partial charge in [0.05, 0.1) is 29.7 Å². The predicted octanol–water partition coefficient (Wildman–Crippen LogP) is 4.72. The lowest BCUT2D eigenvalue weighted by Gasteiger charge is -2.12. The number of aryl methyl sites for hydroxylation is 1. The lowest BCUT2D eigenvalue weighted by molar-refractivity contribution is 0.103. The zero-order chi connectivity index (χ0) is 14.9. The summed E-state index contributed by atoms with van der Waals surface area (Å²) in [4.78, 5) is 13.1. The topological polar surface area (TPSA) is 35.5 Å². The number of hydrogen-bond acceptors (Lipinski definition) is 4. The van der Waals surface area contributed by atoms with Crippen LogP contribution < -0.4 is 9.47 Å². The highest BCUT2D eigenvalue weighted by atomic mass is 79.9. The lowest BCUT2D eigenvalue weighted by Crippen LogP contribution is -2.04. The van der Waals surface area contributed by atoms with Gasteiger partial charge in [0.15, 0.2) is 0 Å². The molecule has 0 unspecified atom stereocenters. The Labute approximate surface area is 134 Å². The summed E-state index contributed by atoms with van der Waals surface area (Å²) in [5.74, 6) is 0.886. The average Bonchev–Trinajstić information content (AvgIpc) is 2.78. The molecule has 0 N–H and O–H groups in total. The Morgan fingerprint density at radius 2 is 2.00 bits per heavy atom. The molecule has 20 heavy (non-hydrogen) atoms. The van der Waals surface area contributed by atoms with Crippen LogP contribution in [0.2, 0.25) is 5.02 Å². The molecule has 1 heterocycles. The SMILES string of the molecule is COc1ccc(C(=O)c2scc(C)c2Cl)c(OC)c1Br. The van der Waals surface area contributed by atoms with E-state index in [0.29, 0.717) is 31.4 Å². The standard InChI is InChI=1S/C14H12BrClO3S/c1-7-6-20-14(11(7)16)12(17)8-4-5-9(18-2)10(15)13(8)19-3/h4-6H,1-3H3. The van der Waals surface area contributed by atoms with E-state index in [1.165, 1.54) is 18.4 Å². The zero-order valence-electron chi connectivity index (χ0n) is 11.1. The zero-order valence-corrected chi connectivity index (χ0v) is 14.3. The summed E-state index contributed by atoms with van der Waals surface area (Å²) < 4.78 is 11.1. The van der Waals surface area contributed by atoms with Gasteiger partial charge in [-0.3, -0.25) is 4.79 Å². The van der Waals surface area contributed by atoms with E-state index in [2.05, 4.69) is 15.9 Å². The third-order valence-corrected chi connectivity index (χ3v) is 5.28. The van der Waals surface area contributed by atoms with Crippen molar-refractivity contribution < 1.29 is 14.3 Å². The van der Waals surface area contributed by atoms with E-state index in [1.54, 1.807) is 19.2 Å². The number of halogens is 2. The highest BCUT2D eigenvalue weighted by Gasteiger charge is 2.23. The molecule has 0 bridgehead atoms. The maximum Gasteiger partial charge on any atom is 0.208 e. The van der Waals surface area contributed by atoms with Gasteiger partial charge < -0.3 is 9.47 Å². The van der Waals surface area contributed by atoms with E-state index in [4.69, 9.17) is 21.1 Å². The molecule has 0 saturated heterocycles. The Morgan fingerprint density at radius 1 is 1.30 bits per heavy atom. The second-order valence-electron chi connectivity index (χ2n) is 4.05. The number of hydrogen-bond donors (Lipinski definition) is 0. The first-order valence-corrected chi connectivity index (χ1v) is 7.75. The van der Waals surface area contributed by atoms with Gasteiger partial charge >= 0.3 is 0 Å². The Balaban J connectivity index is 2.55. The van der Waals surface area contributed by atoms with Crippen molar-refractivity contribution >= 4 is 44.7 Å². The average molecular weight is 376 g/mol. The van der Waals surface area contributed by atoms with Gasteiger partial charge in [0.2, 0.25) is 5.78 Å². The van der Waals surface area contributed by atoms with Crippen molar-refractivity contribution in [3.8, 4) is 11.5 Å². The van der Waals surface area contributed by atoms with Crippen LogP contribution in [-0.2, 0) is 0 Å². The Morgan fingerprint density at radius 3 is 2.50 bits per heavy atom. The highest BCUT2D eigenvalue weighted by Crippen LogP contribution is 2.39. The maximum absolute atomic E-state index is 12.6. The summed E-state index contributed by atoms with van der Waals surface area (Å²) in [6.45, 7) is 1.87. The van der Waals surface area contributed by atoms with Gasteiger partial charge in [0, 0.05) is 0 Å². The Hall–Kier alpha value is -1.04.